The monoisotopic (exact) mass is 548 g/mol. The second-order valence-electron chi connectivity index (χ2n) is 15.7. The zero-order chi connectivity index (χ0) is 29.5. The van der Waals surface area contributed by atoms with E-state index in [1.54, 1.807) is 6.92 Å². The highest BCUT2D eigenvalue weighted by Gasteiger charge is 2.64. The molecule has 5 aliphatic rings. The molecule has 40 heavy (non-hydrogen) atoms. The van der Waals surface area contributed by atoms with E-state index in [1.165, 1.54) is 0 Å². The molecule has 0 N–H and O–H groups in total. The fraction of sp³-hybridized carbons (Fsp3) is 0.765. The van der Waals surface area contributed by atoms with Crippen LogP contribution in [-0.2, 0) is 14.3 Å². The first-order valence-corrected chi connectivity index (χ1v) is 15.3. The van der Waals surface area contributed by atoms with E-state index in [0.29, 0.717) is 19.1 Å². The fourth-order valence-electron chi connectivity index (χ4n) is 10.2. The lowest BCUT2D eigenvalue weighted by molar-refractivity contribution is -0.134. The molecule has 0 unspecified atom stereocenters. The summed E-state index contributed by atoms with van der Waals surface area (Å²) in [7, 11) is 0. The number of rotatable bonds is 3. The summed E-state index contributed by atoms with van der Waals surface area (Å²) in [4.78, 5) is 40.7. The van der Waals surface area contributed by atoms with E-state index in [1.807, 2.05) is 30.9 Å². The summed E-state index contributed by atoms with van der Waals surface area (Å²) in [6.45, 7) is 18.4. The Labute approximate surface area is 240 Å². The van der Waals surface area contributed by atoms with Crippen LogP contribution in [0.2, 0.25) is 0 Å². The van der Waals surface area contributed by atoms with Gasteiger partial charge in [0.15, 0.2) is 11.6 Å². The van der Waals surface area contributed by atoms with Gasteiger partial charge in [-0.2, -0.15) is 5.26 Å². The second-order valence-corrected chi connectivity index (χ2v) is 15.7. The maximum atomic E-state index is 13.3. The molecule has 4 fully saturated rings. The Balaban J connectivity index is 1.56. The topological polar surface area (TPSA) is 87.5 Å². The highest BCUT2D eigenvalue weighted by atomic mass is 16.6. The molecule has 3 saturated carbocycles. The van der Waals surface area contributed by atoms with Crippen molar-refractivity contribution < 1.29 is 19.1 Å². The molecule has 4 aliphatic carbocycles. The van der Waals surface area contributed by atoms with E-state index in [4.69, 9.17) is 4.74 Å². The summed E-state index contributed by atoms with van der Waals surface area (Å²) in [5, 5.41) is 9.95. The molecule has 6 nitrogen and oxygen atoms in total. The summed E-state index contributed by atoms with van der Waals surface area (Å²) in [5.74, 6) is 0.422. The molecule has 218 valence electrons. The zero-order valence-electron chi connectivity index (χ0n) is 25.9. The van der Waals surface area contributed by atoms with Crippen molar-refractivity contribution in [1.82, 2.24) is 4.90 Å². The van der Waals surface area contributed by atoms with E-state index in [9.17, 15) is 19.6 Å². The van der Waals surface area contributed by atoms with Gasteiger partial charge in [-0.15, -0.1) is 0 Å². The predicted molar refractivity (Wildman–Crippen MR) is 154 cm³/mol. The number of nitrogens with zero attached hydrogens (tertiary/aromatic N) is 2. The first-order chi connectivity index (χ1) is 18.5. The van der Waals surface area contributed by atoms with Gasteiger partial charge in [0.1, 0.15) is 12.7 Å². The number of cyclic esters (lactones) is 1. The number of ketones is 2. The third kappa shape index (κ3) is 3.97. The van der Waals surface area contributed by atoms with Gasteiger partial charge < -0.3 is 4.74 Å². The summed E-state index contributed by atoms with van der Waals surface area (Å²) >= 11 is 0. The molecule has 0 bridgehead atoms. The van der Waals surface area contributed by atoms with Crippen LogP contribution < -0.4 is 0 Å². The lowest BCUT2D eigenvalue weighted by Crippen LogP contribution is -2.59. The largest absolute Gasteiger partial charge is 0.448 e. The number of carbonyl (C=O) groups is 3. The number of hydrogen-bond donors (Lipinski definition) is 0. The Morgan fingerprint density at radius 1 is 1.02 bits per heavy atom. The lowest BCUT2D eigenvalue weighted by atomic mass is 9.39. The third-order valence-corrected chi connectivity index (χ3v) is 13.0. The van der Waals surface area contributed by atoms with Gasteiger partial charge in [-0.25, -0.2) is 4.79 Å². The van der Waals surface area contributed by atoms with Gasteiger partial charge in [-0.05, 0) is 99.4 Å². The van der Waals surface area contributed by atoms with Crippen LogP contribution in [0.1, 0.15) is 107 Å². The number of fused-ring (bicyclic) bond motifs is 2. The second kappa shape index (κ2) is 9.04. The van der Waals surface area contributed by atoms with Gasteiger partial charge in [0.25, 0.3) is 0 Å². The first kappa shape index (κ1) is 29.1. The average molecular weight is 549 g/mol. The van der Waals surface area contributed by atoms with Gasteiger partial charge in [0, 0.05) is 16.4 Å². The predicted octanol–water partition coefficient (Wildman–Crippen LogP) is 7.19. The first-order valence-electron chi connectivity index (χ1n) is 15.3. The van der Waals surface area contributed by atoms with Gasteiger partial charge in [0.05, 0.1) is 12.1 Å². The van der Waals surface area contributed by atoms with Crippen molar-refractivity contribution in [3.8, 4) is 6.07 Å². The molecule has 0 radical (unpaired) electrons. The summed E-state index contributed by atoms with van der Waals surface area (Å²) in [6, 6.07) is 2.20. The number of ether oxygens (including phenoxy) is 1. The molecule has 0 aromatic heterocycles. The highest BCUT2D eigenvalue weighted by Crippen LogP contribution is 2.71. The Morgan fingerprint density at radius 2 is 1.70 bits per heavy atom. The minimum atomic E-state index is -0.673. The molecule has 1 heterocycles. The third-order valence-electron chi connectivity index (χ3n) is 13.0. The molecular formula is C34H48N2O4. The van der Waals surface area contributed by atoms with Crippen molar-refractivity contribution in [2.45, 2.75) is 112 Å². The average Bonchev–Trinajstić information content (AvgIpc) is 3.31. The van der Waals surface area contributed by atoms with Gasteiger partial charge in [0.2, 0.25) is 0 Å². The van der Waals surface area contributed by atoms with Gasteiger partial charge in [-0.1, -0.05) is 53.2 Å². The Kier molecular flexibility index (Phi) is 6.57. The molecule has 7 atom stereocenters. The molecule has 0 spiro atoms. The number of carbonyl (C=O) groups excluding carboxylic acids is 3. The highest BCUT2D eigenvalue weighted by molar-refractivity contribution is 6.04. The van der Waals surface area contributed by atoms with Crippen LogP contribution in [0.5, 0.6) is 0 Å². The molecule has 1 amide bonds. The summed E-state index contributed by atoms with van der Waals surface area (Å²) in [6.07, 6.45) is 11.7. The minimum absolute atomic E-state index is 0.0201. The van der Waals surface area contributed by atoms with Crippen LogP contribution in [0.15, 0.2) is 23.3 Å². The van der Waals surface area contributed by atoms with E-state index < -0.39 is 10.8 Å². The summed E-state index contributed by atoms with van der Waals surface area (Å²) in [5.41, 5.74) is -0.191. The van der Waals surface area contributed by atoms with Crippen LogP contribution in [-0.4, -0.2) is 41.3 Å². The van der Waals surface area contributed by atoms with Crippen LogP contribution in [0, 0.1) is 50.2 Å². The van der Waals surface area contributed by atoms with Crippen LogP contribution in [0.4, 0.5) is 4.79 Å². The minimum Gasteiger partial charge on any atom is -0.448 e. The van der Waals surface area contributed by atoms with E-state index in [0.717, 1.165) is 56.9 Å². The van der Waals surface area contributed by atoms with Gasteiger partial charge in [-0.3, -0.25) is 14.5 Å². The Hall–Kier alpha value is -2.42. The molecule has 5 rings (SSSR count). The maximum Gasteiger partial charge on any atom is 0.410 e. The summed E-state index contributed by atoms with van der Waals surface area (Å²) < 4.78 is 5.35. The normalized spacial score (nSPS) is 45.7. The molecule has 6 heteroatoms. The number of amides is 1. The van der Waals surface area contributed by atoms with Crippen molar-refractivity contribution in [2.24, 2.45) is 38.9 Å². The Bertz CT molecular complexity index is 1260. The number of nitriles is 1. The van der Waals surface area contributed by atoms with Gasteiger partial charge >= 0.3 is 6.09 Å². The maximum absolute atomic E-state index is 13.3. The van der Waals surface area contributed by atoms with Crippen LogP contribution in [0.3, 0.4) is 0 Å². The molecular weight excluding hydrogens is 500 g/mol. The zero-order valence-corrected chi connectivity index (χ0v) is 25.9. The molecule has 0 aromatic carbocycles. The van der Waals surface area contributed by atoms with Crippen LogP contribution in [0.25, 0.3) is 0 Å². The van der Waals surface area contributed by atoms with Crippen molar-refractivity contribution in [3.05, 3.63) is 23.3 Å². The smallest absolute Gasteiger partial charge is 0.410 e. The number of Topliss-reactive ketones (excluding diaryl/α,β-unsaturated/α-hetero) is 1. The number of allylic oxidation sites excluding steroid dienone is 4. The van der Waals surface area contributed by atoms with Crippen molar-refractivity contribution in [3.63, 3.8) is 0 Å². The van der Waals surface area contributed by atoms with Crippen molar-refractivity contribution >= 4 is 17.7 Å². The fourth-order valence-corrected chi connectivity index (χ4v) is 10.2. The lowest BCUT2D eigenvalue weighted by Gasteiger charge is -2.65. The van der Waals surface area contributed by atoms with E-state index in [-0.39, 0.29) is 50.9 Å². The van der Waals surface area contributed by atoms with E-state index in [2.05, 4.69) is 40.7 Å². The standard InChI is InChI=1S/C34H48N2O4/c1-22(37)17-26-33(7)18-23(21-35)27(38)29(2,3)25(33)9-10-34(26,8)31(5)13-11-30(4)12-14-32(6,20-24(30)19-31)36-15-16-40-28(36)39/h17-18,24-25H,9-16,19-20H2,1-8H3/b26-17-/t24-,25+,30+,31-,32+,33+,34-/m1/s1. The quantitative estimate of drug-likeness (QED) is 0.348. The Morgan fingerprint density at radius 3 is 2.30 bits per heavy atom. The van der Waals surface area contributed by atoms with Crippen LogP contribution >= 0.6 is 0 Å². The molecule has 0 aromatic rings. The molecule has 1 saturated heterocycles. The van der Waals surface area contributed by atoms with Crippen molar-refractivity contribution in [2.75, 3.05) is 13.2 Å². The van der Waals surface area contributed by atoms with E-state index >= 15 is 0 Å². The molecule has 1 aliphatic heterocycles. The SMILES string of the molecule is CC(=O)/C=C1/[C@@]2(C)C=C(C#N)C(=O)C(C)(C)[C@@H]2CC[C@@]1(C)[C@]1(C)CC[C@@]2(C)CC[C@](C)(N3CCOC3=O)C[C@H]2C1. The van der Waals surface area contributed by atoms with Crippen molar-refractivity contribution in [1.29, 1.82) is 5.26 Å². The number of hydrogen-bond acceptors (Lipinski definition) is 5.